The van der Waals surface area contributed by atoms with E-state index in [-0.39, 0.29) is 0 Å². The Morgan fingerprint density at radius 2 is 1.73 bits per heavy atom. The fourth-order valence-electron chi connectivity index (χ4n) is 2.71. The normalized spacial score (nSPS) is 10.8. The summed E-state index contributed by atoms with van der Waals surface area (Å²) in [4.78, 5) is 13.4. The monoisotopic (exact) mass is 347 g/mol. The first-order chi connectivity index (χ1) is 12.6. The fraction of sp³-hybridized carbons (Fsp3) is 0.105. The quantitative estimate of drug-likeness (QED) is 0.608. The molecule has 0 amide bonds. The number of hydrogen-bond donors (Lipinski definition) is 1. The molecule has 0 atom stereocenters. The molecule has 0 radical (unpaired) electrons. The average Bonchev–Trinajstić information content (AvgIpc) is 2.98. The third kappa shape index (κ3) is 2.90. The second-order valence-electron chi connectivity index (χ2n) is 5.73. The number of aryl methyl sites for hydroxylation is 1. The lowest BCUT2D eigenvalue weighted by Crippen LogP contribution is -2.06. The number of benzene rings is 2. The van der Waals surface area contributed by atoms with Crippen LogP contribution in [0, 0.1) is 6.92 Å². The maximum Gasteiger partial charge on any atom is 0.310 e. The number of methoxy groups -OCH3 is 1. The van der Waals surface area contributed by atoms with Crippen molar-refractivity contribution in [2.75, 3.05) is 12.8 Å². The number of nitrogens with two attached hydrogens (primary N) is 1. The minimum Gasteiger partial charge on any atom is -0.497 e. The van der Waals surface area contributed by atoms with Gasteiger partial charge in [-0.05, 0) is 31.2 Å². The van der Waals surface area contributed by atoms with Gasteiger partial charge in [0.25, 0.3) is 0 Å². The summed E-state index contributed by atoms with van der Waals surface area (Å²) in [6.07, 6.45) is 0. The molecule has 2 aromatic heterocycles. The van der Waals surface area contributed by atoms with Gasteiger partial charge in [0.2, 0.25) is 5.95 Å². The SMILES string of the molecule is COc1cccc(Oc2nc3ccccc3n2-c2nc(C)cc(N)n2)c1. The summed E-state index contributed by atoms with van der Waals surface area (Å²) in [5.74, 6) is 2.09. The van der Waals surface area contributed by atoms with Gasteiger partial charge >= 0.3 is 6.01 Å². The van der Waals surface area contributed by atoms with Gasteiger partial charge in [0.1, 0.15) is 17.3 Å². The molecule has 2 aromatic carbocycles. The largest absolute Gasteiger partial charge is 0.497 e. The van der Waals surface area contributed by atoms with Crippen LogP contribution in [0.3, 0.4) is 0 Å². The Morgan fingerprint density at radius 3 is 2.54 bits per heavy atom. The van der Waals surface area contributed by atoms with Crippen LogP contribution in [0.15, 0.2) is 54.6 Å². The van der Waals surface area contributed by atoms with Crippen molar-refractivity contribution in [3.63, 3.8) is 0 Å². The lowest BCUT2D eigenvalue weighted by molar-refractivity contribution is 0.402. The molecule has 0 bridgehead atoms. The number of para-hydroxylation sites is 2. The van der Waals surface area contributed by atoms with Gasteiger partial charge in [-0.25, -0.2) is 9.55 Å². The molecule has 130 valence electrons. The zero-order chi connectivity index (χ0) is 18.1. The topological polar surface area (TPSA) is 88.1 Å². The smallest absolute Gasteiger partial charge is 0.310 e. The standard InChI is InChI=1S/C19H17N5O2/c1-12-10-17(20)23-18(21-12)24-16-9-4-3-8-15(16)22-19(24)26-14-7-5-6-13(11-14)25-2/h3-11H,1-2H3,(H2,20,21,23). The first kappa shape index (κ1) is 15.9. The van der Waals surface area contributed by atoms with Crippen LogP contribution in [-0.2, 0) is 0 Å². The number of nitrogens with zero attached hydrogens (tertiary/aromatic N) is 4. The zero-order valence-electron chi connectivity index (χ0n) is 14.4. The van der Waals surface area contributed by atoms with Crippen molar-refractivity contribution in [3.8, 4) is 23.5 Å². The molecule has 0 saturated heterocycles. The van der Waals surface area contributed by atoms with Gasteiger partial charge in [0.05, 0.1) is 18.1 Å². The van der Waals surface area contributed by atoms with E-state index >= 15 is 0 Å². The molecule has 2 heterocycles. The van der Waals surface area contributed by atoms with E-state index in [0.29, 0.717) is 29.3 Å². The van der Waals surface area contributed by atoms with E-state index in [1.165, 1.54) is 0 Å². The molecule has 0 aliphatic rings. The number of rotatable bonds is 4. The van der Waals surface area contributed by atoms with Crippen molar-refractivity contribution < 1.29 is 9.47 Å². The molecule has 2 N–H and O–H groups in total. The van der Waals surface area contributed by atoms with E-state index in [0.717, 1.165) is 16.7 Å². The van der Waals surface area contributed by atoms with E-state index in [9.17, 15) is 0 Å². The lowest BCUT2D eigenvalue weighted by Gasteiger charge is -2.10. The highest BCUT2D eigenvalue weighted by Gasteiger charge is 2.17. The van der Waals surface area contributed by atoms with Gasteiger partial charge in [-0.1, -0.05) is 18.2 Å². The molecule has 0 aliphatic carbocycles. The van der Waals surface area contributed by atoms with Crippen LogP contribution in [0.25, 0.3) is 17.0 Å². The van der Waals surface area contributed by atoms with Crippen LogP contribution in [0.1, 0.15) is 5.69 Å². The number of ether oxygens (including phenoxy) is 2. The van der Waals surface area contributed by atoms with Crippen LogP contribution in [-0.4, -0.2) is 26.6 Å². The maximum atomic E-state index is 6.02. The van der Waals surface area contributed by atoms with Crippen molar-refractivity contribution in [1.82, 2.24) is 19.5 Å². The highest BCUT2D eigenvalue weighted by Crippen LogP contribution is 2.30. The molecule has 4 rings (SSSR count). The molecule has 0 fully saturated rings. The second-order valence-corrected chi connectivity index (χ2v) is 5.73. The second kappa shape index (κ2) is 6.36. The molecular formula is C19H17N5O2. The number of hydrogen-bond acceptors (Lipinski definition) is 6. The van der Waals surface area contributed by atoms with Crippen molar-refractivity contribution in [2.45, 2.75) is 6.92 Å². The van der Waals surface area contributed by atoms with Crippen LogP contribution in [0.2, 0.25) is 0 Å². The summed E-state index contributed by atoms with van der Waals surface area (Å²) in [7, 11) is 1.61. The van der Waals surface area contributed by atoms with E-state index in [2.05, 4.69) is 15.0 Å². The minimum absolute atomic E-state index is 0.351. The Morgan fingerprint density at radius 1 is 0.923 bits per heavy atom. The summed E-state index contributed by atoms with van der Waals surface area (Å²) in [6, 6.07) is 17.1. The van der Waals surface area contributed by atoms with Gasteiger partial charge in [-0.3, -0.25) is 0 Å². The molecule has 7 heteroatoms. The molecule has 0 saturated carbocycles. The Hall–Kier alpha value is -3.61. The highest BCUT2D eigenvalue weighted by atomic mass is 16.5. The number of fused-ring (bicyclic) bond motifs is 1. The van der Waals surface area contributed by atoms with Crippen LogP contribution >= 0.6 is 0 Å². The van der Waals surface area contributed by atoms with E-state index in [4.69, 9.17) is 15.2 Å². The van der Waals surface area contributed by atoms with E-state index in [1.807, 2.05) is 49.4 Å². The van der Waals surface area contributed by atoms with Crippen LogP contribution in [0.4, 0.5) is 5.82 Å². The number of imidazole rings is 1. The summed E-state index contributed by atoms with van der Waals surface area (Å²) >= 11 is 0. The molecule has 4 aromatic rings. The van der Waals surface area contributed by atoms with Gasteiger partial charge in [0, 0.05) is 17.8 Å². The Labute approximate surface area is 150 Å². The number of anilines is 1. The fourth-order valence-corrected chi connectivity index (χ4v) is 2.71. The predicted octanol–water partition coefficient (Wildman–Crippen LogP) is 3.51. The van der Waals surface area contributed by atoms with Crippen molar-refractivity contribution in [3.05, 3.63) is 60.3 Å². The Balaban J connectivity index is 1.88. The average molecular weight is 347 g/mol. The van der Waals surface area contributed by atoms with Gasteiger partial charge in [0.15, 0.2) is 0 Å². The third-order valence-electron chi connectivity index (χ3n) is 3.84. The minimum atomic E-state index is 0.351. The zero-order valence-corrected chi connectivity index (χ0v) is 14.4. The third-order valence-corrected chi connectivity index (χ3v) is 3.84. The maximum absolute atomic E-state index is 6.02. The molecule has 0 spiro atoms. The molecule has 7 nitrogen and oxygen atoms in total. The molecule has 0 aliphatic heterocycles. The van der Waals surface area contributed by atoms with Gasteiger partial charge in [-0.15, -0.1) is 0 Å². The summed E-state index contributed by atoms with van der Waals surface area (Å²) < 4.78 is 13.0. The lowest BCUT2D eigenvalue weighted by atomic mass is 10.3. The van der Waals surface area contributed by atoms with Gasteiger partial charge in [-0.2, -0.15) is 9.97 Å². The number of aromatic nitrogens is 4. The molecular weight excluding hydrogens is 330 g/mol. The predicted molar refractivity (Wildman–Crippen MR) is 98.9 cm³/mol. The molecule has 26 heavy (non-hydrogen) atoms. The van der Waals surface area contributed by atoms with Crippen molar-refractivity contribution >= 4 is 16.9 Å². The van der Waals surface area contributed by atoms with Crippen molar-refractivity contribution in [2.24, 2.45) is 0 Å². The van der Waals surface area contributed by atoms with Gasteiger partial charge < -0.3 is 15.2 Å². The first-order valence-electron chi connectivity index (χ1n) is 8.05. The summed E-state index contributed by atoms with van der Waals surface area (Å²) in [5, 5.41) is 0. The Bertz CT molecular complexity index is 1070. The Kier molecular flexibility index (Phi) is 3.89. The van der Waals surface area contributed by atoms with Crippen molar-refractivity contribution in [1.29, 1.82) is 0 Å². The number of nitrogen functional groups attached to an aromatic ring is 1. The van der Waals surface area contributed by atoms with Crippen LogP contribution in [0.5, 0.6) is 17.5 Å². The van der Waals surface area contributed by atoms with E-state index in [1.54, 1.807) is 23.8 Å². The summed E-state index contributed by atoms with van der Waals surface area (Å²) in [6.45, 7) is 1.86. The molecule has 0 unspecified atom stereocenters. The summed E-state index contributed by atoms with van der Waals surface area (Å²) in [5.41, 5.74) is 8.27. The van der Waals surface area contributed by atoms with E-state index < -0.39 is 0 Å². The van der Waals surface area contributed by atoms with Crippen LogP contribution < -0.4 is 15.2 Å². The highest BCUT2D eigenvalue weighted by molar-refractivity contribution is 5.78. The first-order valence-corrected chi connectivity index (χ1v) is 8.05.